The first-order valence-electron chi connectivity index (χ1n) is 9.34. The average molecular weight is 356 g/mol. The van der Waals surface area contributed by atoms with Gasteiger partial charge >= 0.3 is 0 Å². The van der Waals surface area contributed by atoms with E-state index in [1.165, 1.54) is 5.56 Å². The van der Waals surface area contributed by atoms with Gasteiger partial charge in [-0.05, 0) is 52.5 Å². The van der Waals surface area contributed by atoms with Gasteiger partial charge in [0.1, 0.15) is 11.5 Å². The summed E-state index contributed by atoms with van der Waals surface area (Å²) >= 11 is 0. The molecule has 0 heterocycles. The van der Waals surface area contributed by atoms with E-state index in [1.807, 2.05) is 24.3 Å². The first kappa shape index (κ1) is 20.2. The van der Waals surface area contributed by atoms with Crippen LogP contribution in [0.4, 0.5) is 5.69 Å². The molecule has 3 heteroatoms. The van der Waals surface area contributed by atoms with Crippen molar-refractivity contribution in [3.05, 3.63) is 53.1 Å². The second kappa shape index (κ2) is 7.61. The van der Waals surface area contributed by atoms with E-state index in [2.05, 4.69) is 53.7 Å². The number of benzene rings is 2. The lowest BCUT2D eigenvalue weighted by atomic mass is 9.78. The Bertz CT molecular complexity index is 717. The summed E-state index contributed by atoms with van der Waals surface area (Å²) in [7, 11) is 0. The Morgan fingerprint density at radius 2 is 1.46 bits per heavy atom. The topological polar surface area (TPSA) is 55.5 Å². The van der Waals surface area contributed by atoms with Crippen LogP contribution in [0.1, 0.15) is 64.7 Å². The minimum absolute atomic E-state index is 0.102. The van der Waals surface area contributed by atoms with Gasteiger partial charge in [0.25, 0.3) is 0 Å². The third-order valence-electron chi connectivity index (χ3n) is 4.57. The minimum atomic E-state index is -0.102. The molecule has 0 aliphatic heterocycles. The van der Waals surface area contributed by atoms with E-state index in [9.17, 15) is 5.11 Å². The van der Waals surface area contributed by atoms with Crippen molar-refractivity contribution in [1.29, 1.82) is 0 Å². The highest BCUT2D eigenvalue weighted by molar-refractivity contribution is 5.52. The monoisotopic (exact) mass is 355 g/mol. The number of hydrogen-bond donors (Lipinski definition) is 2. The van der Waals surface area contributed by atoms with E-state index in [0.29, 0.717) is 18.0 Å². The number of hydrogen-bond acceptors (Lipinski definition) is 3. The van der Waals surface area contributed by atoms with Crippen LogP contribution in [0, 0.1) is 0 Å². The lowest BCUT2D eigenvalue weighted by molar-refractivity contribution is 0.312. The second-order valence-electron chi connectivity index (χ2n) is 9.03. The summed E-state index contributed by atoms with van der Waals surface area (Å²) in [6.45, 7) is 13.4. The predicted molar refractivity (Wildman–Crippen MR) is 110 cm³/mol. The molecule has 0 spiro atoms. The van der Waals surface area contributed by atoms with Crippen LogP contribution < -0.4 is 10.5 Å². The van der Waals surface area contributed by atoms with Crippen LogP contribution >= 0.6 is 0 Å². The normalized spacial score (nSPS) is 12.2. The number of aryl methyl sites for hydroxylation is 1. The Hall–Kier alpha value is -2.16. The van der Waals surface area contributed by atoms with Crippen molar-refractivity contribution < 1.29 is 9.84 Å². The molecule has 0 bridgehead atoms. The number of nitrogen functional groups attached to an aromatic ring is 1. The molecule has 0 aliphatic rings. The number of rotatable bonds is 5. The molecule has 2 aromatic rings. The van der Waals surface area contributed by atoms with Crippen LogP contribution in [0.2, 0.25) is 0 Å². The third kappa shape index (κ3) is 4.94. The number of phenols is 1. The summed E-state index contributed by atoms with van der Waals surface area (Å²) in [6, 6.07) is 11.9. The zero-order valence-electron chi connectivity index (χ0n) is 17.0. The Balaban J connectivity index is 2.15. The van der Waals surface area contributed by atoms with Gasteiger partial charge in [0.05, 0.1) is 12.3 Å². The third-order valence-corrected chi connectivity index (χ3v) is 4.57. The van der Waals surface area contributed by atoms with Gasteiger partial charge in [-0.2, -0.15) is 0 Å². The van der Waals surface area contributed by atoms with Gasteiger partial charge < -0.3 is 15.6 Å². The van der Waals surface area contributed by atoms with E-state index >= 15 is 0 Å². The zero-order valence-corrected chi connectivity index (χ0v) is 17.0. The molecule has 0 saturated heterocycles. The standard InChI is InChI=1S/C23H33NO2/c1-22(2,3)17-14-16(15-18(21(17)25)23(4,5)6)10-9-13-26-20-12-8-7-11-19(20)24/h7-8,11-12,14-15,25H,9-10,13,24H2,1-6H3. The Morgan fingerprint density at radius 1 is 0.923 bits per heavy atom. The molecule has 0 aromatic heterocycles. The summed E-state index contributed by atoms with van der Waals surface area (Å²) in [6.07, 6.45) is 1.80. The smallest absolute Gasteiger partial charge is 0.142 e. The van der Waals surface area contributed by atoms with E-state index < -0.39 is 0 Å². The van der Waals surface area contributed by atoms with Gasteiger partial charge in [0, 0.05) is 0 Å². The Morgan fingerprint density at radius 3 is 1.96 bits per heavy atom. The SMILES string of the molecule is CC(C)(C)c1cc(CCCOc2ccccc2N)cc(C(C)(C)C)c1O. The maximum Gasteiger partial charge on any atom is 0.142 e. The van der Waals surface area contributed by atoms with Crippen molar-refractivity contribution in [1.82, 2.24) is 0 Å². The van der Waals surface area contributed by atoms with Gasteiger partial charge in [-0.1, -0.05) is 65.8 Å². The minimum Gasteiger partial charge on any atom is -0.507 e. The largest absolute Gasteiger partial charge is 0.507 e. The molecule has 3 N–H and O–H groups in total. The van der Waals surface area contributed by atoms with Gasteiger partial charge in [-0.25, -0.2) is 0 Å². The quantitative estimate of drug-likeness (QED) is 0.543. The fourth-order valence-electron chi connectivity index (χ4n) is 3.05. The number of phenolic OH excluding ortho intramolecular Hbond substituents is 1. The van der Waals surface area contributed by atoms with Crippen LogP contribution in [0.5, 0.6) is 11.5 Å². The molecule has 0 aliphatic carbocycles. The lowest BCUT2D eigenvalue weighted by Gasteiger charge is -2.28. The molecule has 2 rings (SSSR count). The van der Waals surface area contributed by atoms with Crippen LogP contribution in [0.3, 0.4) is 0 Å². The molecule has 0 atom stereocenters. The Kier molecular flexibility index (Phi) is 5.90. The molecule has 0 amide bonds. The number of aromatic hydroxyl groups is 1. The van der Waals surface area contributed by atoms with E-state index in [0.717, 1.165) is 29.7 Å². The lowest BCUT2D eigenvalue weighted by Crippen LogP contribution is -2.18. The van der Waals surface area contributed by atoms with E-state index in [-0.39, 0.29) is 10.8 Å². The molecular weight excluding hydrogens is 322 g/mol. The molecule has 0 fully saturated rings. The van der Waals surface area contributed by atoms with Crippen molar-refractivity contribution >= 4 is 5.69 Å². The maximum atomic E-state index is 10.8. The molecule has 2 aromatic carbocycles. The van der Waals surface area contributed by atoms with Crippen molar-refractivity contribution in [2.45, 2.75) is 65.2 Å². The van der Waals surface area contributed by atoms with Gasteiger partial charge in [-0.15, -0.1) is 0 Å². The van der Waals surface area contributed by atoms with Crippen molar-refractivity contribution in [3.8, 4) is 11.5 Å². The predicted octanol–water partition coefficient (Wildman–Crippen LogP) is 5.58. The molecule has 26 heavy (non-hydrogen) atoms. The summed E-state index contributed by atoms with van der Waals surface area (Å²) in [5.74, 6) is 1.17. The molecule has 0 radical (unpaired) electrons. The summed E-state index contributed by atoms with van der Waals surface area (Å²) in [5.41, 5.74) is 9.63. The summed E-state index contributed by atoms with van der Waals surface area (Å²) in [5, 5.41) is 10.8. The van der Waals surface area contributed by atoms with Gasteiger partial charge in [0.15, 0.2) is 0 Å². The van der Waals surface area contributed by atoms with E-state index in [1.54, 1.807) is 0 Å². The molecule has 0 saturated carbocycles. The van der Waals surface area contributed by atoms with Gasteiger partial charge in [-0.3, -0.25) is 0 Å². The summed E-state index contributed by atoms with van der Waals surface area (Å²) in [4.78, 5) is 0. The average Bonchev–Trinajstić information content (AvgIpc) is 2.52. The van der Waals surface area contributed by atoms with Crippen LogP contribution in [-0.2, 0) is 17.3 Å². The maximum absolute atomic E-state index is 10.8. The first-order valence-corrected chi connectivity index (χ1v) is 9.34. The van der Waals surface area contributed by atoms with Crippen molar-refractivity contribution in [3.63, 3.8) is 0 Å². The Labute approximate surface area is 158 Å². The molecular formula is C23H33NO2. The van der Waals surface area contributed by atoms with E-state index in [4.69, 9.17) is 10.5 Å². The van der Waals surface area contributed by atoms with Gasteiger partial charge in [0.2, 0.25) is 0 Å². The highest BCUT2D eigenvalue weighted by Gasteiger charge is 2.26. The van der Waals surface area contributed by atoms with Crippen molar-refractivity contribution in [2.75, 3.05) is 12.3 Å². The number of nitrogens with two attached hydrogens (primary N) is 1. The van der Waals surface area contributed by atoms with Crippen LogP contribution in [0.15, 0.2) is 36.4 Å². The summed E-state index contributed by atoms with van der Waals surface area (Å²) < 4.78 is 5.80. The number of anilines is 1. The highest BCUT2D eigenvalue weighted by Crippen LogP contribution is 2.40. The van der Waals surface area contributed by atoms with Crippen molar-refractivity contribution in [2.24, 2.45) is 0 Å². The number of ether oxygens (including phenoxy) is 1. The molecule has 0 unspecified atom stereocenters. The first-order chi connectivity index (χ1) is 12.0. The number of para-hydroxylation sites is 2. The highest BCUT2D eigenvalue weighted by atomic mass is 16.5. The zero-order chi connectivity index (χ0) is 19.5. The fraction of sp³-hybridized carbons (Fsp3) is 0.478. The van der Waals surface area contributed by atoms with Crippen LogP contribution in [-0.4, -0.2) is 11.7 Å². The van der Waals surface area contributed by atoms with Crippen LogP contribution in [0.25, 0.3) is 0 Å². The fourth-order valence-corrected chi connectivity index (χ4v) is 3.05. The second-order valence-corrected chi connectivity index (χ2v) is 9.03. The molecule has 142 valence electrons. The molecule has 3 nitrogen and oxygen atoms in total.